The highest BCUT2D eigenvalue weighted by molar-refractivity contribution is 6.30. The number of amides is 1. The molecule has 0 unspecified atom stereocenters. The minimum Gasteiger partial charge on any atom is -0.456 e. The lowest BCUT2D eigenvalue weighted by Gasteiger charge is -2.17. The van der Waals surface area contributed by atoms with E-state index in [2.05, 4.69) is 4.98 Å². The van der Waals surface area contributed by atoms with Crippen molar-refractivity contribution in [2.45, 2.75) is 19.4 Å². The number of halogens is 1. The number of fused-ring (bicyclic) bond motifs is 1. The quantitative estimate of drug-likeness (QED) is 0.627. The molecule has 2 aromatic carbocycles. The number of carbonyl (C=O) groups is 2. The molecule has 5 nitrogen and oxygen atoms in total. The van der Waals surface area contributed by atoms with Gasteiger partial charge in [-0.25, -0.2) is 0 Å². The van der Waals surface area contributed by atoms with Crippen molar-refractivity contribution >= 4 is 34.4 Å². The maximum atomic E-state index is 12.2. The molecule has 140 valence electrons. The van der Waals surface area contributed by atoms with Crippen molar-refractivity contribution in [1.82, 2.24) is 9.88 Å². The Hall–Kier alpha value is -2.79. The van der Waals surface area contributed by atoms with E-state index in [4.69, 9.17) is 16.3 Å². The van der Waals surface area contributed by atoms with E-state index in [9.17, 15) is 9.59 Å². The average Bonchev–Trinajstić information content (AvgIpc) is 3.07. The number of nitrogens with zero attached hydrogens (tertiary/aromatic N) is 1. The van der Waals surface area contributed by atoms with Gasteiger partial charge in [0.15, 0.2) is 6.61 Å². The smallest absolute Gasteiger partial charge is 0.306 e. The third kappa shape index (κ3) is 5.11. The van der Waals surface area contributed by atoms with Crippen molar-refractivity contribution in [1.29, 1.82) is 0 Å². The van der Waals surface area contributed by atoms with Crippen LogP contribution in [-0.2, 0) is 27.3 Å². The molecule has 0 aliphatic carbocycles. The molecule has 0 aliphatic heterocycles. The monoisotopic (exact) mass is 384 g/mol. The van der Waals surface area contributed by atoms with E-state index >= 15 is 0 Å². The van der Waals surface area contributed by atoms with Gasteiger partial charge in [0.1, 0.15) is 0 Å². The maximum Gasteiger partial charge on any atom is 0.306 e. The summed E-state index contributed by atoms with van der Waals surface area (Å²) < 4.78 is 5.13. The lowest BCUT2D eigenvalue weighted by molar-refractivity contribution is -0.151. The highest BCUT2D eigenvalue weighted by Crippen LogP contribution is 2.19. The second-order valence-corrected chi connectivity index (χ2v) is 6.84. The molecular formula is C21H21ClN2O3. The van der Waals surface area contributed by atoms with Crippen LogP contribution in [0.2, 0.25) is 5.02 Å². The van der Waals surface area contributed by atoms with E-state index in [0.29, 0.717) is 18.0 Å². The summed E-state index contributed by atoms with van der Waals surface area (Å²) in [6, 6.07) is 15.2. The van der Waals surface area contributed by atoms with Gasteiger partial charge in [0.05, 0.1) is 0 Å². The predicted molar refractivity (Wildman–Crippen MR) is 106 cm³/mol. The number of likely N-dealkylation sites (N-methyl/N-ethyl adjacent to an activating group) is 1. The number of carbonyl (C=O) groups excluding carboxylic acids is 2. The number of aryl methyl sites for hydroxylation is 1. The summed E-state index contributed by atoms with van der Waals surface area (Å²) in [5.74, 6) is -0.639. The largest absolute Gasteiger partial charge is 0.456 e. The minimum atomic E-state index is -0.384. The topological polar surface area (TPSA) is 62.4 Å². The van der Waals surface area contributed by atoms with E-state index in [1.54, 1.807) is 19.2 Å². The van der Waals surface area contributed by atoms with Crippen LogP contribution in [0.4, 0.5) is 0 Å². The van der Waals surface area contributed by atoms with Gasteiger partial charge in [0.2, 0.25) is 0 Å². The molecule has 3 rings (SSSR count). The van der Waals surface area contributed by atoms with Gasteiger partial charge < -0.3 is 14.6 Å². The van der Waals surface area contributed by atoms with Gasteiger partial charge in [0, 0.05) is 42.1 Å². The molecule has 0 aliphatic rings. The fraction of sp³-hybridized carbons (Fsp3) is 0.238. The Kier molecular flexibility index (Phi) is 6.14. The molecule has 1 amide bonds. The zero-order chi connectivity index (χ0) is 19.2. The van der Waals surface area contributed by atoms with Crippen LogP contribution in [0, 0.1) is 0 Å². The van der Waals surface area contributed by atoms with Crippen LogP contribution in [0.1, 0.15) is 17.5 Å². The highest BCUT2D eigenvalue weighted by Gasteiger charge is 2.13. The first-order valence-electron chi connectivity index (χ1n) is 8.72. The molecule has 0 atom stereocenters. The number of rotatable bonds is 7. The van der Waals surface area contributed by atoms with E-state index in [1.165, 1.54) is 4.90 Å². The number of ether oxygens (including phenoxy) is 1. The van der Waals surface area contributed by atoms with Gasteiger partial charge in [-0.2, -0.15) is 0 Å². The van der Waals surface area contributed by atoms with E-state index < -0.39 is 0 Å². The van der Waals surface area contributed by atoms with Gasteiger partial charge in [-0.05, 0) is 35.7 Å². The van der Waals surface area contributed by atoms with Gasteiger partial charge in [-0.3, -0.25) is 9.59 Å². The molecule has 0 fully saturated rings. The number of esters is 1. The number of hydrogen-bond donors (Lipinski definition) is 1. The van der Waals surface area contributed by atoms with Crippen LogP contribution in [0.15, 0.2) is 54.7 Å². The number of hydrogen-bond acceptors (Lipinski definition) is 3. The summed E-state index contributed by atoms with van der Waals surface area (Å²) in [6.45, 7) is 0.149. The second kappa shape index (κ2) is 8.73. The number of H-pyrrole nitrogens is 1. The van der Waals surface area contributed by atoms with E-state index in [-0.39, 0.29) is 24.9 Å². The zero-order valence-electron chi connectivity index (χ0n) is 15.1. The Morgan fingerprint density at radius 2 is 1.96 bits per heavy atom. The molecule has 0 saturated carbocycles. The Labute approximate surface area is 162 Å². The molecule has 0 radical (unpaired) electrons. The number of para-hydroxylation sites is 1. The Balaban J connectivity index is 1.45. The Bertz CT molecular complexity index is 951. The lowest BCUT2D eigenvalue weighted by atomic mass is 10.1. The molecule has 3 aromatic rings. The first-order valence-corrected chi connectivity index (χ1v) is 9.10. The molecule has 1 aromatic heterocycles. The molecule has 0 saturated heterocycles. The molecule has 27 heavy (non-hydrogen) atoms. The summed E-state index contributed by atoms with van der Waals surface area (Å²) in [7, 11) is 1.67. The van der Waals surface area contributed by atoms with Gasteiger partial charge in [-0.1, -0.05) is 41.9 Å². The van der Waals surface area contributed by atoms with Crippen molar-refractivity contribution in [2.75, 3.05) is 13.7 Å². The van der Waals surface area contributed by atoms with Crippen LogP contribution >= 0.6 is 11.6 Å². The third-order valence-electron chi connectivity index (χ3n) is 4.36. The molecule has 1 N–H and O–H groups in total. The van der Waals surface area contributed by atoms with Crippen molar-refractivity contribution in [3.05, 3.63) is 70.9 Å². The SMILES string of the molecule is CN(Cc1cccc(Cl)c1)C(=O)COC(=O)CCc1c[nH]c2ccccc12. The predicted octanol–water partition coefficient (Wildman–Crippen LogP) is 3.96. The summed E-state index contributed by atoms with van der Waals surface area (Å²) in [5, 5.41) is 1.72. The average molecular weight is 385 g/mol. The second-order valence-electron chi connectivity index (χ2n) is 6.40. The molecule has 0 spiro atoms. The summed E-state index contributed by atoms with van der Waals surface area (Å²) in [5.41, 5.74) is 3.02. The summed E-state index contributed by atoms with van der Waals surface area (Å²) >= 11 is 5.95. The van der Waals surface area contributed by atoms with E-state index in [0.717, 1.165) is 22.0 Å². The van der Waals surface area contributed by atoms with Crippen molar-refractivity contribution in [3.8, 4) is 0 Å². The van der Waals surface area contributed by atoms with Gasteiger partial charge in [0.25, 0.3) is 5.91 Å². The normalized spacial score (nSPS) is 10.7. The fourth-order valence-electron chi connectivity index (χ4n) is 2.90. The van der Waals surface area contributed by atoms with Crippen molar-refractivity contribution in [2.24, 2.45) is 0 Å². The van der Waals surface area contributed by atoms with Crippen molar-refractivity contribution < 1.29 is 14.3 Å². The van der Waals surface area contributed by atoms with E-state index in [1.807, 2.05) is 42.6 Å². The fourth-order valence-corrected chi connectivity index (χ4v) is 3.11. The maximum absolute atomic E-state index is 12.2. The van der Waals surface area contributed by atoms with Crippen LogP contribution < -0.4 is 0 Å². The zero-order valence-corrected chi connectivity index (χ0v) is 15.8. The molecule has 1 heterocycles. The van der Waals surface area contributed by atoms with Crippen LogP contribution in [0.5, 0.6) is 0 Å². The van der Waals surface area contributed by atoms with Crippen molar-refractivity contribution in [3.63, 3.8) is 0 Å². The first kappa shape index (κ1) is 19.0. The molecular weight excluding hydrogens is 364 g/mol. The van der Waals surface area contributed by atoms with Gasteiger partial charge in [-0.15, -0.1) is 0 Å². The highest BCUT2D eigenvalue weighted by atomic mass is 35.5. The first-order chi connectivity index (χ1) is 13.0. The Morgan fingerprint density at radius 1 is 1.15 bits per heavy atom. The number of benzene rings is 2. The lowest BCUT2D eigenvalue weighted by Crippen LogP contribution is -2.30. The third-order valence-corrected chi connectivity index (χ3v) is 4.60. The van der Waals surface area contributed by atoms with Crippen LogP contribution in [0.25, 0.3) is 10.9 Å². The summed E-state index contributed by atoms with van der Waals surface area (Å²) in [4.78, 5) is 28.8. The molecule has 6 heteroatoms. The molecule has 0 bridgehead atoms. The van der Waals surface area contributed by atoms with Crippen LogP contribution in [-0.4, -0.2) is 35.4 Å². The minimum absolute atomic E-state index is 0.229. The number of aromatic amines is 1. The Morgan fingerprint density at radius 3 is 2.78 bits per heavy atom. The van der Waals surface area contributed by atoms with Gasteiger partial charge >= 0.3 is 5.97 Å². The standard InChI is InChI=1S/C21H21ClN2O3/c1-24(13-15-5-4-6-17(22)11-15)20(25)14-27-21(26)10-9-16-12-23-19-8-3-2-7-18(16)19/h2-8,11-12,23H,9-10,13-14H2,1H3. The van der Waals surface area contributed by atoms with Crippen LogP contribution in [0.3, 0.4) is 0 Å². The number of aromatic nitrogens is 1. The number of nitrogens with one attached hydrogen (secondary N) is 1. The summed E-state index contributed by atoms with van der Waals surface area (Å²) in [6.07, 6.45) is 2.70.